The summed E-state index contributed by atoms with van der Waals surface area (Å²) in [6.45, 7) is 7.46. The predicted molar refractivity (Wildman–Crippen MR) is 114 cm³/mol. The van der Waals surface area contributed by atoms with E-state index in [0.717, 1.165) is 18.4 Å². The number of carbonyl (C=O) groups is 4. The molecule has 30 heavy (non-hydrogen) atoms. The molecule has 1 heterocycles. The minimum Gasteiger partial charge on any atom is -0.451 e. The lowest BCUT2D eigenvalue weighted by Crippen LogP contribution is -2.37. The molecule has 0 aromatic heterocycles. The molecule has 7 heteroatoms. The number of esters is 1. The second-order valence-corrected chi connectivity index (χ2v) is 7.39. The highest BCUT2D eigenvalue weighted by molar-refractivity contribution is 6.26. The number of rotatable bonds is 10. The smallest absolute Gasteiger partial charge is 0.432 e. The first-order chi connectivity index (χ1) is 14.2. The first kappa shape index (κ1) is 25.2. The number of Topliss-reactive ketones (excluding diaryl/α,β-unsaturated/α-hetero) is 1. The Labute approximate surface area is 177 Å². The highest BCUT2D eigenvalue weighted by Crippen LogP contribution is 2.26. The van der Waals surface area contributed by atoms with E-state index in [-0.39, 0.29) is 11.7 Å². The van der Waals surface area contributed by atoms with Gasteiger partial charge in [-0.25, -0.2) is 4.79 Å². The van der Waals surface area contributed by atoms with Crippen molar-refractivity contribution in [3.8, 4) is 0 Å². The number of ketones is 2. The van der Waals surface area contributed by atoms with Crippen LogP contribution in [-0.4, -0.2) is 37.0 Å². The summed E-state index contributed by atoms with van der Waals surface area (Å²) in [6.07, 6.45) is 9.30. The number of nitrogens with zero attached hydrogens (tertiary/aromatic N) is 1. The largest absolute Gasteiger partial charge is 0.451 e. The van der Waals surface area contributed by atoms with Crippen LogP contribution in [0.15, 0.2) is 40.1 Å². The third kappa shape index (κ3) is 7.89. The molecule has 0 aromatic carbocycles. The Balaban J connectivity index is 2.73. The Hall–Kier alpha value is -2.83. The van der Waals surface area contributed by atoms with Gasteiger partial charge in [-0.15, -0.1) is 0 Å². The first-order valence-corrected chi connectivity index (χ1v) is 10.2. The van der Waals surface area contributed by atoms with Crippen molar-refractivity contribution in [1.82, 2.24) is 0 Å². The minimum atomic E-state index is -1.44. The van der Waals surface area contributed by atoms with Crippen LogP contribution >= 0.6 is 0 Å². The molecule has 1 unspecified atom stereocenters. The van der Waals surface area contributed by atoms with E-state index in [9.17, 15) is 19.2 Å². The van der Waals surface area contributed by atoms with Crippen LogP contribution in [-0.2, 0) is 23.9 Å². The van der Waals surface area contributed by atoms with Crippen LogP contribution in [0.1, 0.15) is 59.8 Å². The minimum absolute atomic E-state index is 0.184. The standard InChI is InChI=1S/C23H31NO6/c1-6-9-15(2)11-12-17(4)21(26)20-18(25)14-19(30-22(20)27)16(3)10-7-8-13-24-23(28)29-5/h11-14,16,20H,6-10H2,1-5H3/b15-11+,17-12+,24-13?/t16-,20?/m1/s1. The van der Waals surface area contributed by atoms with Gasteiger partial charge in [0, 0.05) is 18.2 Å². The summed E-state index contributed by atoms with van der Waals surface area (Å²) in [5.74, 6) is -3.27. The maximum Gasteiger partial charge on any atom is 0.432 e. The van der Waals surface area contributed by atoms with Gasteiger partial charge in [0.1, 0.15) is 5.76 Å². The number of carbonyl (C=O) groups excluding carboxylic acids is 4. The Morgan fingerprint density at radius 2 is 1.97 bits per heavy atom. The van der Waals surface area contributed by atoms with Gasteiger partial charge in [-0.05, 0) is 45.1 Å². The molecule has 0 radical (unpaired) electrons. The van der Waals surface area contributed by atoms with E-state index in [1.807, 2.05) is 19.9 Å². The Morgan fingerprint density at radius 1 is 1.27 bits per heavy atom. The number of hydrogen-bond acceptors (Lipinski definition) is 6. The lowest BCUT2D eigenvalue weighted by atomic mass is 9.90. The lowest BCUT2D eigenvalue weighted by Gasteiger charge is -2.23. The molecule has 0 aliphatic carbocycles. The van der Waals surface area contributed by atoms with Crippen molar-refractivity contribution in [1.29, 1.82) is 0 Å². The average Bonchev–Trinajstić information content (AvgIpc) is 2.70. The number of amides is 1. The molecular formula is C23H31NO6. The van der Waals surface area contributed by atoms with Crippen LogP contribution in [0.2, 0.25) is 0 Å². The third-order valence-electron chi connectivity index (χ3n) is 4.76. The molecular weight excluding hydrogens is 386 g/mol. The van der Waals surface area contributed by atoms with Gasteiger partial charge in [-0.3, -0.25) is 14.4 Å². The summed E-state index contributed by atoms with van der Waals surface area (Å²) in [5, 5.41) is 0. The molecule has 0 saturated heterocycles. The zero-order valence-corrected chi connectivity index (χ0v) is 18.4. The molecule has 2 atom stereocenters. The maximum absolute atomic E-state index is 12.6. The van der Waals surface area contributed by atoms with Crippen molar-refractivity contribution in [3.63, 3.8) is 0 Å². The van der Waals surface area contributed by atoms with Crippen molar-refractivity contribution in [2.75, 3.05) is 7.11 Å². The van der Waals surface area contributed by atoms with Gasteiger partial charge in [-0.1, -0.05) is 38.0 Å². The number of hydrogen-bond donors (Lipinski definition) is 0. The number of ether oxygens (including phenoxy) is 2. The molecule has 0 fully saturated rings. The van der Waals surface area contributed by atoms with E-state index in [2.05, 4.69) is 16.7 Å². The van der Waals surface area contributed by atoms with Gasteiger partial charge < -0.3 is 9.47 Å². The highest BCUT2D eigenvalue weighted by atomic mass is 16.5. The summed E-state index contributed by atoms with van der Waals surface area (Å²) < 4.78 is 9.71. The molecule has 1 amide bonds. The SMILES string of the molecule is CCC/C(C)=C/C=C(\C)C(=O)C1C(=O)C=C([C@H](C)CCCC=NC(=O)OC)OC1=O. The summed E-state index contributed by atoms with van der Waals surface area (Å²) in [4.78, 5) is 51.9. The van der Waals surface area contributed by atoms with Crippen LogP contribution in [0, 0.1) is 11.8 Å². The van der Waals surface area contributed by atoms with Crippen molar-refractivity contribution in [3.05, 3.63) is 35.1 Å². The lowest BCUT2D eigenvalue weighted by molar-refractivity contribution is -0.152. The van der Waals surface area contributed by atoms with E-state index in [0.29, 0.717) is 24.8 Å². The molecule has 0 saturated carbocycles. The van der Waals surface area contributed by atoms with Crippen LogP contribution in [0.4, 0.5) is 4.79 Å². The quantitative estimate of drug-likeness (QED) is 0.129. The molecule has 164 valence electrons. The molecule has 1 aliphatic rings. The fourth-order valence-electron chi connectivity index (χ4n) is 2.93. The molecule has 0 aromatic rings. The summed E-state index contributed by atoms with van der Waals surface area (Å²) in [6, 6.07) is 0. The van der Waals surface area contributed by atoms with Gasteiger partial charge in [0.05, 0.1) is 7.11 Å². The fraction of sp³-hybridized carbons (Fsp3) is 0.522. The van der Waals surface area contributed by atoms with Crippen molar-refractivity contribution in [2.24, 2.45) is 16.8 Å². The predicted octanol–water partition coefficient (Wildman–Crippen LogP) is 4.52. The molecule has 0 spiro atoms. The fourth-order valence-corrected chi connectivity index (χ4v) is 2.93. The molecule has 0 N–H and O–H groups in total. The molecule has 1 rings (SSSR count). The van der Waals surface area contributed by atoms with Crippen LogP contribution in [0.3, 0.4) is 0 Å². The van der Waals surface area contributed by atoms with E-state index >= 15 is 0 Å². The number of unbranched alkanes of at least 4 members (excludes halogenated alkanes) is 1. The van der Waals surface area contributed by atoms with Gasteiger partial charge in [0.25, 0.3) is 0 Å². The van der Waals surface area contributed by atoms with Crippen molar-refractivity contribution < 1.29 is 28.7 Å². The van der Waals surface area contributed by atoms with E-state index in [1.54, 1.807) is 13.0 Å². The van der Waals surface area contributed by atoms with E-state index < -0.39 is 29.5 Å². The molecule has 7 nitrogen and oxygen atoms in total. The summed E-state index contributed by atoms with van der Waals surface area (Å²) in [7, 11) is 1.25. The maximum atomic E-state index is 12.6. The first-order valence-electron chi connectivity index (χ1n) is 10.2. The van der Waals surface area contributed by atoms with Crippen molar-refractivity contribution in [2.45, 2.75) is 59.8 Å². The number of allylic oxidation sites excluding steroid dienone is 6. The number of aliphatic imine (C=N–C) groups is 1. The Morgan fingerprint density at radius 3 is 2.57 bits per heavy atom. The molecule has 0 bridgehead atoms. The van der Waals surface area contributed by atoms with Gasteiger partial charge in [-0.2, -0.15) is 4.99 Å². The monoisotopic (exact) mass is 417 g/mol. The van der Waals surface area contributed by atoms with Crippen LogP contribution < -0.4 is 0 Å². The molecule has 1 aliphatic heterocycles. The highest BCUT2D eigenvalue weighted by Gasteiger charge is 2.39. The number of methoxy groups -OCH3 is 1. The van der Waals surface area contributed by atoms with Crippen LogP contribution in [0.25, 0.3) is 0 Å². The normalized spacial score (nSPS) is 18.8. The van der Waals surface area contributed by atoms with Crippen LogP contribution in [0.5, 0.6) is 0 Å². The topological polar surface area (TPSA) is 99.1 Å². The van der Waals surface area contributed by atoms with E-state index in [1.165, 1.54) is 19.4 Å². The van der Waals surface area contributed by atoms with Gasteiger partial charge in [0.2, 0.25) is 0 Å². The second kappa shape index (κ2) is 12.7. The number of cyclic esters (lactones) is 1. The van der Waals surface area contributed by atoms with Gasteiger partial charge in [0.15, 0.2) is 17.5 Å². The zero-order valence-electron chi connectivity index (χ0n) is 18.4. The summed E-state index contributed by atoms with van der Waals surface area (Å²) >= 11 is 0. The average molecular weight is 418 g/mol. The Kier molecular flexibility index (Phi) is 10.6. The summed E-state index contributed by atoms with van der Waals surface area (Å²) in [5.41, 5.74) is 1.46. The van der Waals surface area contributed by atoms with Gasteiger partial charge >= 0.3 is 12.1 Å². The third-order valence-corrected chi connectivity index (χ3v) is 4.76. The van der Waals surface area contributed by atoms with E-state index in [4.69, 9.17) is 4.74 Å². The second-order valence-electron chi connectivity index (χ2n) is 7.39. The Bertz CT molecular complexity index is 788. The van der Waals surface area contributed by atoms with Crippen molar-refractivity contribution >= 4 is 29.8 Å². The zero-order chi connectivity index (χ0) is 22.7.